The second-order valence-corrected chi connectivity index (χ2v) is 11.3. The number of amides is 1. The van der Waals surface area contributed by atoms with Gasteiger partial charge in [-0.25, -0.2) is 0 Å². The molecule has 0 spiro atoms. The van der Waals surface area contributed by atoms with E-state index in [2.05, 4.69) is 31.3 Å². The van der Waals surface area contributed by atoms with Crippen LogP contribution in [0.4, 0.5) is 0 Å². The van der Waals surface area contributed by atoms with Crippen molar-refractivity contribution in [3.8, 4) is 0 Å². The lowest BCUT2D eigenvalue weighted by Crippen LogP contribution is -2.49. The minimum Gasteiger partial charge on any atom is -0.356 e. The number of aryl methyl sites for hydroxylation is 1. The predicted molar refractivity (Wildman–Crippen MR) is 141 cm³/mol. The van der Waals surface area contributed by atoms with Crippen molar-refractivity contribution in [2.75, 3.05) is 58.9 Å². The Kier molecular flexibility index (Phi) is 8.29. The topological polar surface area (TPSA) is 85.3 Å². The van der Waals surface area contributed by atoms with Crippen LogP contribution >= 0.6 is 0 Å². The summed E-state index contributed by atoms with van der Waals surface area (Å²) in [6.45, 7) is 14.4. The fourth-order valence-corrected chi connectivity index (χ4v) is 6.76. The molecule has 1 aromatic carbocycles. The van der Waals surface area contributed by atoms with Crippen LogP contribution in [-0.4, -0.2) is 93.8 Å². The van der Waals surface area contributed by atoms with Gasteiger partial charge in [-0.2, -0.15) is 8.42 Å². The first-order valence-electron chi connectivity index (χ1n) is 12.9. The summed E-state index contributed by atoms with van der Waals surface area (Å²) in [5.74, 6) is 0.644. The van der Waals surface area contributed by atoms with Crippen molar-refractivity contribution in [2.45, 2.75) is 40.0 Å². The molecule has 0 saturated carbocycles. The third-order valence-electron chi connectivity index (χ3n) is 7.48. The normalized spacial score (nSPS) is 21.9. The molecular weight excluding hydrogens is 462 g/mol. The zero-order valence-corrected chi connectivity index (χ0v) is 22.1. The molecule has 4 rings (SSSR count). The van der Waals surface area contributed by atoms with Crippen LogP contribution in [0.1, 0.15) is 44.2 Å². The molecule has 35 heavy (non-hydrogen) atoms. The molecule has 3 aliphatic rings. The maximum absolute atomic E-state index is 13.0. The van der Waals surface area contributed by atoms with E-state index < -0.39 is 10.0 Å². The summed E-state index contributed by atoms with van der Waals surface area (Å²) in [6.07, 6.45) is 2.00. The molecule has 1 amide bonds. The van der Waals surface area contributed by atoms with Crippen LogP contribution in [0.2, 0.25) is 0 Å². The summed E-state index contributed by atoms with van der Waals surface area (Å²) in [7, 11) is -3.73. The Balaban J connectivity index is 1.31. The van der Waals surface area contributed by atoms with Gasteiger partial charge in [-0.15, -0.1) is 4.40 Å². The predicted octanol–water partition coefficient (Wildman–Crippen LogP) is 2.32. The second-order valence-electron chi connectivity index (χ2n) is 9.75. The van der Waals surface area contributed by atoms with Gasteiger partial charge in [0, 0.05) is 63.8 Å². The third-order valence-corrected chi connectivity index (χ3v) is 8.89. The van der Waals surface area contributed by atoms with Gasteiger partial charge in [-0.1, -0.05) is 43.7 Å². The van der Waals surface area contributed by atoms with E-state index in [1.165, 1.54) is 0 Å². The molecule has 8 nitrogen and oxygen atoms in total. The summed E-state index contributed by atoms with van der Waals surface area (Å²) >= 11 is 0. The number of benzene rings is 1. The van der Waals surface area contributed by atoms with Crippen LogP contribution in [0.15, 0.2) is 34.2 Å². The van der Waals surface area contributed by atoms with E-state index in [9.17, 15) is 13.2 Å². The molecule has 0 radical (unpaired) electrons. The summed E-state index contributed by atoms with van der Waals surface area (Å²) in [4.78, 5) is 20.0. The molecule has 0 atom stereocenters. The van der Waals surface area contributed by atoms with Crippen molar-refractivity contribution in [2.24, 2.45) is 10.3 Å². The first-order valence-corrected chi connectivity index (χ1v) is 14.4. The van der Waals surface area contributed by atoms with Crippen molar-refractivity contribution < 1.29 is 13.2 Å². The van der Waals surface area contributed by atoms with E-state index in [1.807, 2.05) is 38.1 Å². The quantitative estimate of drug-likeness (QED) is 0.617. The van der Waals surface area contributed by atoms with Crippen LogP contribution in [0.3, 0.4) is 0 Å². The number of rotatable bonds is 7. The number of likely N-dealkylation sites (tertiary alicyclic amines) is 1. The second kappa shape index (κ2) is 11.2. The Bertz CT molecular complexity index is 1060. The zero-order valence-electron chi connectivity index (χ0n) is 21.3. The van der Waals surface area contributed by atoms with Gasteiger partial charge in [0.1, 0.15) is 10.7 Å². The monoisotopic (exact) mass is 501 g/mol. The highest BCUT2D eigenvalue weighted by Gasteiger charge is 2.36. The van der Waals surface area contributed by atoms with E-state index in [-0.39, 0.29) is 11.8 Å². The van der Waals surface area contributed by atoms with Gasteiger partial charge in [0.2, 0.25) is 5.91 Å². The van der Waals surface area contributed by atoms with Gasteiger partial charge in [0.25, 0.3) is 10.0 Å². The minimum absolute atomic E-state index is 0.0348. The number of likely N-dealkylation sites (N-methyl/N-ethyl adjacent to an activating group) is 1. The summed E-state index contributed by atoms with van der Waals surface area (Å²) in [6, 6.07) is 7.57. The van der Waals surface area contributed by atoms with Gasteiger partial charge in [0.05, 0.1) is 0 Å². The molecule has 1 aromatic rings. The fourth-order valence-electron chi connectivity index (χ4n) is 5.23. The number of amidine groups is 1. The average molecular weight is 502 g/mol. The van der Waals surface area contributed by atoms with Gasteiger partial charge >= 0.3 is 0 Å². The lowest BCUT2D eigenvalue weighted by Gasteiger charge is -2.34. The van der Waals surface area contributed by atoms with E-state index in [0.717, 1.165) is 50.4 Å². The molecule has 192 valence electrons. The highest BCUT2D eigenvalue weighted by molar-refractivity contribution is 8.00. The number of hydrogen-bond acceptors (Lipinski definition) is 6. The number of piperidine rings is 1. The van der Waals surface area contributed by atoms with E-state index >= 15 is 0 Å². The molecule has 2 fully saturated rings. The van der Waals surface area contributed by atoms with Gasteiger partial charge in [-0.05, 0) is 38.3 Å². The lowest BCUT2D eigenvalue weighted by molar-refractivity contribution is -0.126. The van der Waals surface area contributed by atoms with E-state index in [4.69, 9.17) is 0 Å². The molecule has 9 heteroatoms. The number of sulfonamides is 1. The first kappa shape index (κ1) is 25.9. The lowest BCUT2D eigenvalue weighted by atomic mass is 9.95. The molecule has 0 aromatic heterocycles. The Morgan fingerprint density at radius 3 is 2.23 bits per heavy atom. The number of hydrogen-bond donors (Lipinski definition) is 1. The molecule has 1 N–H and O–H groups in total. The Labute approximate surface area is 210 Å². The first-order chi connectivity index (χ1) is 16.8. The summed E-state index contributed by atoms with van der Waals surface area (Å²) in [5, 5.41) is 3.13. The number of piperazine rings is 1. The molecule has 2 saturated heterocycles. The van der Waals surface area contributed by atoms with Crippen LogP contribution < -0.4 is 5.32 Å². The SMILES string of the molecule is CCC1=C(c2ccc(C)cc2)S(=O)(=O)N=C1N1CCC(C(=O)NCCN2CCN(CC)CC2)CC1. The van der Waals surface area contributed by atoms with Gasteiger partial charge in [0.15, 0.2) is 0 Å². The van der Waals surface area contributed by atoms with E-state index in [0.29, 0.717) is 55.2 Å². The van der Waals surface area contributed by atoms with E-state index in [1.54, 1.807) is 0 Å². The molecule has 0 bridgehead atoms. The molecule has 3 aliphatic heterocycles. The van der Waals surface area contributed by atoms with Crippen LogP contribution in [0.25, 0.3) is 4.91 Å². The summed E-state index contributed by atoms with van der Waals surface area (Å²) < 4.78 is 30.2. The molecule has 3 heterocycles. The van der Waals surface area contributed by atoms with Crippen LogP contribution in [-0.2, 0) is 14.8 Å². The highest BCUT2D eigenvalue weighted by atomic mass is 32.2. The van der Waals surface area contributed by atoms with Crippen molar-refractivity contribution in [1.82, 2.24) is 20.0 Å². The number of carbonyl (C=O) groups excluding carboxylic acids is 1. The van der Waals surface area contributed by atoms with Crippen molar-refractivity contribution >= 4 is 26.7 Å². The Morgan fingerprint density at radius 2 is 1.63 bits per heavy atom. The van der Waals surface area contributed by atoms with Gasteiger partial charge < -0.3 is 15.1 Å². The largest absolute Gasteiger partial charge is 0.356 e. The standard InChI is InChI=1S/C26H39N5O3S/c1-4-23-24(21-8-6-20(3)7-9-21)35(33,34)28-25(23)31-13-10-22(11-14-31)26(32)27-12-15-30-18-16-29(5-2)17-19-30/h6-9,22H,4-5,10-19H2,1-3H3,(H,27,32). The minimum atomic E-state index is -3.73. The van der Waals surface area contributed by atoms with Crippen LogP contribution in [0.5, 0.6) is 0 Å². The number of nitrogens with zero attached hydrogens (tertiary/aromatic N) is 4. The smallest absolute Gasteiger partial charge is 0.285 e. The maximum Gasteiger partial charge on any atom is 0.285 e. The van der Waals surface area contributed by atoms with Crippen molar-refractivity contribution in [3.63, 3.8) is 0 Å². The Morgan fingerprint density at radius 1 is 1.00 bits per heavy atom. The highest BCUT2D eigenvalue weighted by Crippen LogP contribution is 2.36. The average Bonchev–Trinajstić information content (AvgIpc) is 3.15. The summed E-state index contributed by atoms with van der Waals surface area (Å²) in [5.41, 5.74) is 2.56. The molecular formula is C26H39N5O3S. The van der Waals surface area contributed by atoms with Crippen molar-refractivity contribution in [3.05, 3.63) is 41.0 Å². The third kappa shape index (κ3) is 5.95. The zero-order chi connectivity index (χ0) is 25.0. The maximum atomic E-state index is 13.0. The number of carbonyl (C=O) groups is 1. The Hall–Kier alpha value is -2.23. The van der Waals surface area contributed by atoms with Crippen molar-refractivity contribution in [1.29, 1.82) is 0 Å². The number of nitrogens with one attached hydrogen (secondary N) is 1. The van der Waals surface area contributed by atoms with Gasteiger partial charge in [-0.3, -0.25) is 9.69 Å². The molecule has 0 aliphatic carbocycles. The molecule has 0 unspecified atom stereocenters. The van der Waals surface area contributed by atoms with Crippen LogP contribution in [0, 0.1) is 12.8 Å². The fraction of sp³-hybridized carbons (Fsp3) is 0.615.